The van der Waals surface area contributed by atoms with E-state index in [1.54, 1.807) is 0 Å². The van der Waals surface area contributed by atoms with Gasteiger partial charge >= 0.3 is 5.97 Å². The number of fused-ring (bicyclic) bond motifs is 5. The van der Waals surface area contributed by atoms with Crippen LogP contribution in [0.2, 0.25) is 38.3 Å². The fourth-order valence-electron chi connectivity index (χ4n) is 10.0. The van der Waals surface area contributed by atoms with E-state index in [1.165, 1.54) is 70.6 Å². The van der Waals surface area contributed by atoms with Crippen molar-refractivity contribution in [2.24, 2.45) is 46.3 Å². The maximum atomic E-state index is 11.9. The molecule has 0 bridgehead atoms. The molecule has 39 heavy (non-hydrogen) atoms. The molecule has 4 nitrogen and oxygen atoms in total. The van der Waals surface area contributed by atoms with Crippen LogP contribution in [-0.4, -0.2) is 41.9 Å². The number of rotatable bonds is 10. The van der Waals surface area contributed by atoms with Gasteiger partial charge in [-0.25, -0.2) is 0 Å². The fraction of sp³-hybridized carbons (Fsp3) is 0.970. The van der Waals surface area contributed by atoms with E-state index in [9.17, 15) is 4.79 Å². The van der Waals surface area contributed by atoms with Crippen LogP contribution in [0.25, 0.3) is 0 Å². The van der Waals surface area contributed by atoms with Crippen molar-refractivity contribution in [3.05, 3.63) is 0 Å². The van der Waals surface area contributed by atoms with Crippen molar-refractivity contribution >= 4 is 22.6 Å². The maximum absolute atomic E-state index is 11.9. The van der Waals surface area contributed by atoms with Crippen molar-refractivity contribution in [3.8, 4) is 0 Å². The molecule has 0 aromatic rings. The molecule has 4 saturated carbocycles. The molecule has 0 saturated heterocycles. The average molecular weight is 579 g/mol. The zero-order valence-electron chi connectivity index (χ0n) is 27.2. The fourth-order valence-corrected chi connectivity index (χ4v) is 12.6. The zero-order chi connectivity index (χ0) is 28.8. The third-order valence-electron chi connectivity index (χ3n) is 13.1. The lowest BCUT2D eigenvalue weighted by atomic mass is 9.43. The molecule has 226 valence electrons. The Kier molecular flexibility index (Phi) is 9.64. The highest BCUT2D eigenvalue weighted by molar-refractivity contribution is 6.71. The average Bonchev–Trinajstić information content (AvgIpc) is 3.24. The summed E-state index contributed by atoms with van der Waals surface area (Å²) in [5.41, 5.74) is 0.798. The summed E-state index contributed by atoms with van der Waals surface area (Å²) in [7, 11) is -1.73. The Hall–Kier alpha value is -0.176. The summed E-state index contributed by atoms with van der Waals surface area (Å²) in [6.07, 6.45) is 12.9. The van der Waals surface area contributed by atoms with Gasteiger partial charge in [-0.1, -0.05) is 34.6 Å². The summed E-state index contributed by atoms with van der Waals surface area (Å²) < 4.78 is 19.2. The molecule has 0 unspecified atom stereocenters. The number of carbonyl (C=O) groups excluding carboxylic acids is 1. The summed E-state index contributed by atoms with van der Waals surface area (Å²) in [6.45, 7) is 22.1. The Morgan fingerprint density at radius 1 is 0.872 bits per heavy atom. The monoisotopic (exact) mass is 578 g/mol. The van der Waals surface area contributed by atoms with Crippen molar-refractivity contribution < 1.29 is 18.4 Å². The molecular weight excluding hydrogens is 517 g/mol. The van der Waals surface area contributed by atoms with Gasteiger partial charge in [0.1, 0.15) is 0 Å². The Balaban J connectivity index is 1.59. The van der Waals surface area contributed by atoms with Gasteiger partial charge in [-0.3, -0.25) is 4.79 Å². The van der Waals surface area contributed by atoms with Crippen LogP contribution in [0.4, 0.5) is 0 Å². The second kappa shape index (κ2) is 11.8. The van der Waals surface area contributed by atoms with Gasteiger partial charge < -0.3 is 13.6 Å². The first-order valence-electron chi connectivity index (χ1n) is 16.6. The topological polar surface area (TPSA) is 44.8 Å². The van der Waals surface area contributed by atoms with E-state index in [0.717, 1.165) is 24.2 Å². The molecule has 4 rings (SSSR count). The number of esters is 1. The van der Waals surface area contributed by atoms with Crippen LogP contribution in [0.1, 0.15) is 98.8 Å². The molecule has 0 spiro atoms. The van der Waals surface area contributed by atoms with E-state index in [2.05, 4.69) is 60.8 Å². The van der Waals surface area contributed by atoms with Crippen molar-refractivity contribution in [3.63, 3.8) is 0 Å². The van der Waals surface area contributed by atoms with Gasteiger partial charge in [0, 0.05) is 18.6 Å². The van der Waals surface area contributed by atoms with E-state index >= 15 is 0 Å². The van der Waals surface area contributed by atoms with Crippen LogP contribution in [-0.2, 0) is 18.4 Å². The van der Waals surface area contributed by atoms with Gasteiger partial charge in [0.2, 0.25) is 0 Å². The van der Waals surface area contributed by atoms with E-state index in [-0.39, 0.29) is 5.97 Å². The summed E-state index contributed by atoms with van der Waals surface area (Å²) in [5.74, 6) is 4.19. The molecule has 6 heteroatoms. The minimum absolute atomic E-state index is 0.0544. The second-order valence-electron chi connectivity index (χ2n) is 15.9. The van der Waals surface area contributed by atoms with Crippen molar-refractivity contribution in [2.45, 2.75) is 149 Å². The maximum Gasteiger partial charge on any atom is 0.305 e. The van der Waals surface area contributed by atoms with Crippen molar-refractivity contribution in [2.75, 3.05) is 7.11 Å². The first-order valence-corrected chi connectivity index (χ1v) is 22.8. The summed E-state index contributed by atoms with van der Waals surface area (Å²) in [4.78, 5) is 11.9. The first-order chi connectivity index (χ1) is 18.2. The number of carbonyl (C=O) groups is 1. The lowest BCUT2D eigenvalue weighted by Gasteiger charge is -2.64. The number of hydrogen-bond acceptors (Lipinski definition) is 4. The molecule has 4 aliphatic carbocycles. The number of hydrogen-bond donors (Lipinski definition) is 0. The van der Waals surface area contributed by atoms with Crippen LogP contribution >= 0.6 is 0 Å². The van der Waals surface area contributed by atoms with Gasteiger partial charge in [0.05, 0.1) is 7.11 Å². The lowest BCUT2D eigenvalue weighted by molar-refractivity contribution is -0.169. The van der Waals surface area contributed by atoms with Crippen molar-refractivity contribution in [1.82, 2.24) is 0 Å². The Bertz CT molecular complexity index is 861. The molecule has 0 heterocycles. The molecule has 0 aromatic heterocycles. The highest BCUT2D eigenvalue weighted by Crippen LogP contribution is 2.69. The highest BCUT2D eigenvalue weighted by Gasteiger charge is 2.63. The Morgan fingerprint density at radius 3 is 2.13 bits per heavy atom. The minimum Gasteiger partial charge on any atom is -0.469 e. The highest BCUT2D eigenvalue weighted by atomic mass is 28.4. The van der Waals surface area contributed by atoms with Crippen LogP contribution in [0.15, 0.2) is 0 Å². The van der Waals surface area contributed by atoms with Gasteiger partial charge in [0.15, 0.2) is 16.6 Å². The first kappa shape index (κ1) is 31.8. The van der Waals surface area contributed by atoms with Crippen LogP contribution in [0.5, 0.6) is 0 Å². The standard InChI is InChI=1S/C33H62O4Si2/c1-11-38(7,8)36-25-17-19-32(4)24(21-25)22-29(37-39(9,10)12-2)31-27-15-14-26(23(3)13-16-30(34)35-6)33(27,5)20-18-28(31)32/h23-29,31H,11-22H2,1-10H3/t23-,24-,25+,26-,27+,28+,29-,31+,32+,33-/m1/s1. The van der Waals surface area contributed by atoms with E-state index in [0.29, 0.717) is 47.2 Å². The minimum atomic E-state index is -1.70. The summed E-state index contributed by atoms with van der Waals surface area (Å²) in [5, 5.41) is 0. The van der Waals surface area contributed by atoms with E-state index in [4.69, 9.17) is 13.6 Å². The summed E-state index contributed by atoms with van der Waals surface area (Å²) >= 11 is 0. The van der Waals surface area contributed by atoms with E-state index in [1.807, 2.05) is 0 Å². The molecule has 0 radical (unpaired) electrons. The van der Waals surface area contributed by atoms with Gasteiger partial charge in [-0.15, -0.1) is 0 Å². The molecule has 10 atom stereocenters. The Labute approximate surface area is 243 Å². The number of methoxy groups -OCH3 is 1. The van der Waals surface area contributed by atoms with Gasteiger partial charge in [-0.05, 0) is 142 Å². The van der Waals surface area contributed by atoms with Crippen LogP contribution < -0.4 is 0 Å². The molecule has 4 fully saturated rings. The third kappa shape index (κ3) is 6.29. The normalized spacial score (nSPS) is 41.3. The third-order valence-corrected chi connectivity index (χ3v) is 18.4. The number of ether oxygens (including phenoxy) is 1. The van der Waals surface area contributed by atoms with E-state index < -0.39 is 16.6 Å². The largest absolute Gasteiger partial charge is 0.469 e. The predicted octanol–water partition coefficient (Wildman–Crippen LogP) is 9.06. The quantitative estimate of drug-likeness (QED) is 0.192. The SMILES string of the molecule is CC[Si](C)(C)O[C@H]1CC[C@@]2(C)[C@H](C1)C[C@@H](O[Si](C)(C)CC)[C@@H]1[C@@H]2CC[C@]2(C)[C@@H]([C@H](C)CCC(=O)OC)CC[C@@H]12. The lowest BCUT2D eigenvalue weighted by Crippen LogP contribution is -2.60. The summed E-state index contributed by atoms with van der Waals surface area (Å²) in [6, 6.07) is 2.40. The van der Waals surface area contributed by atoms with Crippen LogP contribution in [0, 0.1) is 46.3 Å². The van der Waals surface area contributed by atoms with Crippen molar-refractivity contribution in [1.29, 1.82) is 0 Å². The molecular formula is C33H62O4Si2. The van der Waals surface area contributed by atoms with Gasteiger partial charge in [0.25, 0.3) is 0 Å². The molecule has 0 N–H and O–H groups in total. The predicted molar refractivity (Wildman–Crippen MR) is 167 cm³/mol. The second-order valence-corrected chi connectivity index (χ2v) is 24.9. The smallest absolute Gasteiger partial charge is 0.305 e. The van der Waals surface area contributed by atoms with Crippen LogP contribution in [0.3, 0.4) is 0 Å². The zero-order valence-corrected chi connectivity index (χ0v) is 29.2. The molecule has 0 amide bonds. The molecule has 0 aromatic carbocycles. The van der Waals surface area contributed by atoms with Gasteiger partial charge in [-0.2, -0.15) is 0 Å². The molecule has 4 aliphatic rings. The molecule has 0 aliphatic heterocycles. The Morgan fingerprint density at radius 2 is 1.49 bits per heavy atom.